The number of aryl methyl sites for hydroxylation is 1. The van der Waals surface area contributed by atoms with Crippen LogP contribution >= 0.6 is 11.6 Å². The van der Waals surface area contributed by atoms with E-state index >= 15 is 0 Å². The van der Waals surface area contributed by atoms with Crippen molar-refractivity contribution in [1.82, 2.24) is 15.2 Å². The Morgan fingerprint density at radius 1 is 1.09 bits per heavy atom. The molecule has 0 saturated carbocycles. The molecular weight excluding hydrogens is 436 g/mol. The molecule has 1 aromatic heterocycles. The normalized spacial score (nSPS) is 12.0. The zero-order valence-electron chi connectivity index (χ0n) is 18.3. The molecule has 0 bridgehead atoms. The summed E-state index contributed by atoms with van der Waals surface area (Å²) in [5, 5.41) is 9.44. The summed E-state index contributed by atoms with van der Waals surface area (Å²) in [4.78, 5) is 12.4. The van der Waals surface area contributed by atoms with Crippen molar-refractivity contribution in [2.75, 3.05) is 0 Å². The summed E-state index contributed by atoms with van der Waals surface area (Å²) in [5.74, 6) is 0.137. The number of hydrogen-bond donors (Lipinski definition) is 1. The fraction of sp³-hybridized carbons (Fsp3) is 0.115. The van der Waals surface area contributed by atoms with E-state index in [0.717, 1.165) is 28.1 Å². The Bertz CT molecular complexity index is 1270. The van der Waals surface area contributed by atoms with Crippen molar-refractivity contribution in [3.05, 3.63) is 101 Å². The van der Waals surface area contributed by atoms with E-state index in [-0.39, 0.29) is 5.91 Å². The third-order valence-electron chi connectivity index (χ3n) is 4.94. The zero-order chi connectivity index (χ0) is 23.2. The van der Waals surface area contributed by atoms with E-state index in [1.807, 2.05) is 67.7 Å². The lowest BCUT2D eigenvalue weighted by Crippen LogP contribution is -2.33. The number of hydrazone groups is 1. The molecule has 3 aromatic carbocycles. The van der Waals surface area contributed by atoms with Crippen LogP contribution < -0.4 is 10.2 Å². The lowest BCUT2D eigenvalue weighted by atomic mass is 10.1. The molecule has 166 valence electrons. The molecule has 0 radical (unpaired) electrons. The molecule has 0 fully saturated rings. The standard InChI is InChI=1S/C26H23ClN4O2/c1-18-11-13-20(14-12-18)25-21(17-31(30-25)23-8-4-3-5-9-23)16-28-29-26(32)19(2)33-24-10-6-7-22(27)15-24/h3-17,19H,1-2H3,(H,29,32). The Kier molecular flexibility index (Phi) is 6.86. The summed E-state index contributed by atoms with van der Waals surface area (Å²) in [5.41, 5.74) is 7.12. The quantitative estimate of drug-likeness (QED) is 0.297. The summed E-state index contributed by atoms with van der Waals surface area (Å²) in [7, 11) is 0. The van der Waals surface area contributed by atoms with Gasteiger partial charge in [0.15, 0.2) is 6.10 Å². The number of halogens is 1. The first-order chi connectivity index (χ1) is 16.0. The van der Waals surface area contributed by atoms with Crippen LogP contribution in [0.4, 0.5) is 0 Å². The summed E-state index contributed by atoms with van der Waals surface area (Å²) in [6.45, 7) is 3.69. The third-order valence-corrected chi connectivity index (χ3v) is 5.18. The number of ether oxygens (including phenoxy) is 1. The molecule has 1 atom stereocenters. The van der Waals surface area contributed by atoms with E-state index in [9.17, 15) is 4.79 Å². The average Bonchev–Trinajstić information content (AvgIpc) is 3.24. The minimum Gasteiger partial charge on any atom is -0.481 e. The van der Waals surface area contributed by atoms with Crippen LogP contribution in [0.5, 0.6) is 5.75 Å². The highest BCUT2D eigenvalue weighted by Gasteiger charge is 2.15. The highest BCUT2D eigenvalue weighted by molar-refractivity contribution is 6.30. The molecule has 7 heteroatoms. The Morgan fingerprint density at radius 3 is 2.58 bits per heavy atom. The number of nitrogens with zero attached hydrogens (tertiary/aromatic N) is 3. The van der Waals surface area contributed by atoms with E-state index < -0.39 is 6.10 Å². The molecule has 0 spiro atoms. The predicted molar refractivity (Wildman–Crippen MR) is 131 cm³/mol. The van der Waals surface area contributed by atoms with Gasteiger partial charge < -0.3 is 4.74 Å². The fourth-order valence-electron chi connectivity index (χ4n) is 3.18. The van der Waals surface area contributed by atoms with Gasteiger partial charge in [-0.15, -0.1) is 0 Å². The zero-order valence-corrected chi connectivity index (χ0v) is 19.0. The Morgan fingerprint density at radius 2 is 1.85 bits per heavy atom. The molecule has 0 aliphatic rings. The van der Waals surface area contributed by atoms with Crippen molar-refractivity contribution in [2.24, 2.45) is 5.10 Å². The van der Waals surface area contributed by atoms with E-state index in [1.165, 1.54) is 0 Å². The fourth-order valence-corrected chi connectivity index (χ4v) is 3.37. The first-order valence-electron chi connectivity index (χ1n) is 10.5. The van der Waals surface area contributed by atoms with Gasteiger partial charge in [-0.3, -0.25) is 4.79 Å². The maximum Gasteiger partial charge on any atom is 0.280 e. The van der Waals surface area contributed by atoms with Crippen LogP contribution in [0.1, 0.15) is 18.1 Å². The van der Waals surface area contributed by atoms with Crippen molar-refractivity contribution in [3.63, 3.8) is 0 Å². The average molecular weight is 459 g/mol. The summed E-state index contributed by atoms with van der Waals surface area (Å²) < 4.78 is 7.43. The Labute approximate surface area is 197 Å². The van der Waals surface area contributed by atoms with Crippen molar-refractivity contribution >= 4 is 23.7 Å². The van der Waals surface area contributed by atoms with Crippen molar-refractivity contribution < 1.29 is 9.53 Å². The van der Waals surface area contributed by atoms with Gasteiger partial charge in [-0.1, -0.05) is 65.7 Å². The lowest BCUT2D eigenvalue weighted by Gasteiger charge is -2.12. The van der Waals surface area contributed by atoms with Crippen LogP contribution in [0.25, 0.3) is 16.9 Å². The maximum absolute atomic E-state index is 12.4. The number of carbonyl (C=O) groups is 1. The van der Waals surface area contributed by atoms with Crippen LogP contribution in [-0.2, 0) is 4.79 Å². The van der Waals surface area contributed by atoms with Gasteiger partial charge in [0.25, 0.3) is 5.91 Å². The number of rotatable bonds is 7. The predicted octanol–water partition coefficient (Wildman–Crippen LogP) is 5.42. The van der Waals surface area contributed by atoms with Crippen molar-refractivity contribution in [3.8, 4) is 22.7 Å². The van der Waals surface area contributed by atoms with E-state index in [1.54, 1.807) is 42.1 Å². The van der Waals surface area contributed by atoms with Crippen LogP contribution in [-0.4, -0.2) is 28.0 Å². The highest BCUT2D eigenvalue weighted by atomic mass is 35.5. The second-order valence-electron chi connectivity index (χ2n) is 7.53. The molecule has 1 amide bonds. The molecule has 1 N–H and O–H groups in total. The van der Waals surface area contributed by atoms with Crippen molar-refractivity contribution in [1.29, 1.82) is 0 Å². The van der Waals surface area contributed by atoms with E-state index in [0.29, 0.717) is 10.8 Å². The minimum absolute atomic E-state index is 0.376. The summed E-state index contributed by atoms with van der Waals surface area (Å²) in [6, 6.07) is 24.8. The second-order valence-corrected chi connectivity index (χ2v) is 7.97. The number of para-hydroxylation sites is 1. The molecular formula is C26H23ClN4O2. The van der Waals surface area contributed by atoms with Gasteiger partial charge >= 0.3 is 0 Å². The lowest BCUT2D eigenvalue weighted by molar-refractivity contribution is -0.127. The summed E-state index contributed by atoms with van der Waals surface area (Å²) >= 11 is 5.97. The largest absolute Gasteiger partial charge is 0.481 e. The Balaban J connectivity index is 1.52. The molecule has 0 aliphatic heterocycles. The number of amides is 1. The number of hydrogen-bond acceptors (Lipinski definition) is 4. The van der Waals surface area contributed by atoms with Gasteiger partial charge in [0.2, 0.25) is 0 Å². The monoisotopic (exact) mass is 458 g/mol. The smallest absolute Gasteiger partial charge is 0.280 e. The van der Waals surface area contributed by atoms with Gasteiger partial charge in [-0.25, -0.2) is 10.1 Å². The molecule has 0 aliphatic carbocycles. The molecule has 1 heterocycles. The molecule has 4 rings (SSSR count). The molecule has 0 saturated heterocycles. The van der Waals surface area contributed by atoms with Crippen LogP contribution in [0.3, 0.4) is 0 Å². The molecule has 33 heavy (non-hydrogen) atoms. The van der Waals surface area contributed by atoms with Crippen LogP contribution in [0.2, 0.25) is 5.02 Å². The first-order valence-corrected chi connectivity index (χ1v) is 10.8. The number of carbonyl (C=O) groups excluding carboxylic acids is 1. The molecule has 6 nitrogen and oxygen atoms in total. The first kappa shape index (κ1) is 22.3. The number of aromatic nitrogens is 2. The minimum atomic E-state index is -0.746. The molecule has 4 aromatic rings. The maximum atomic E-state index is 12.4. The Hall–Kier alpha value is -3.90. The highest BCUT2D eigenvalue weighted by Crippen LogP contribution is 2.23. The number of nitrogens with one attached hydrogen (secondary N) is 1. The van der Waals surface area contributed by atoms with E-state index in [4.69, 9.17) is 21.4 Å². The van der Waals surface area contributed by atoms with E-state index in [2.05, 4.69) is 10.5 Å². The number of benzene rings is 3. The van der Waals surface area contributed by atoms with Gasteiger partial charge in [-0.2, -0.15) is 10.2 Å². The van der Waals surface area contributed by atoms with Gasteiger partial charge in [-0.05, 0) is 44.2 Å². The summed E-state index contributed by atoms with van der Waals surface area (Å²) in [6.07, 6.45) is 2.72. The SMILES string of the molecule is Cc1ccc(-c2nn(-c3ccccc3)cc2C=NNC(=O)C(C)Oc2cccc(Cl)c2)cc1. The second kappa shape index (κ2) is 10.1. The van der Waals surface area contributed by atoms with Crippen LogP contribution in [0, 0.1) is 6.92 Å². The third kappa shape index (κ3) is 5.67. The molecule has 1 unspecified atom stereocenters. The van der Waals surface area contributed by atoms with Crippen LogP contribution in [0.15, 0.2) is 90.2 Å². The van der Waals surface area contributed by atoms with Crippen molar-refractivity contribution in [2.45, 2.75) is 20.0 Å². The van der Waals surface area contributed by atoms with Gasteiger partial charge in [0, 0.05) is 22.3 Å². The van der Waals surface area contributed by atoms with Gasteiger partial charge in [0.1, 0.15) is 11.4 Å². The topological polar surface area (TPSA) is 68.5 Å². The van der Waals surface area contributed by atoms with Gasteiger partial charge in [0.05, 0.1) is 11.9 Å².